The Morgan fingerprint density at radius 1 is 1.13 bits per heavy atom. The van der Waals surface area contributed by atoms with E-state index in [1.165, 1.54) is 0 Å². The molecular weight excluding hydrogens is 496 g/mol. The van der Waals surface area contributed by atoms with E-state index < -0.39 is 0 Å². The number of carbonyl (C=O) groups is 2. The average molecular weight is 534 g/mol. The van der Waals surface area contributed by atoms with Crippen molar-refractivity contribution in [2.45, 2.75) is 58.5 Å². The second-order valence-electron chi connectivity index (χ2n) is 11.2. The standard InChI is InChI=1S/C30H36N4O3S/c1-20(2)28-31-29(38-28)21-9-11-24(12-10-21)37-25-18-22(7-8-23(25)19-34-15-5-6-26(34)35)27(36)32-30(3)13-16-33(4)17-14-30/h7-12,18,20H,5-6,13-17,19H2,1-4H3/p+1. The molecule has 2 saturated heterocycles. The molecule has 0 aromatic heterocycles. The van der Waals surface area contributed by atoms with Gasteiger partial charge in [-0.1, -0.05) is 19.9 Å². The average Bonchev–Trinajstić information content (AvgIpc) is 3.26. The van der Waals surface area contributed by atoms with Crippen molar-refractivity contribution >= 4 is 33.2 Å². The summed E-state index contributed by atoms with van der Waals surface area (Å²) in [7, 11) is 2.11. The highest BCUT2D eigenvalue weighted by molar-refractivity contribution is 7.97. The molecule has 200 valence electrons. The minimum absolute atomic E-state index is 0.0988. The maximum atomic E-state index is 13.3. The number of ether oxygens (including phenoxy) is 1. The molecule has 0 aliphatic carbocycles. The molecule has 5 rings (SSSR count). The summed E-state index contributed by atoms with van der Waals surface area (Å²) in [4.78, 5) is 35.4. The zero-order valence-electron chi connectivity index (χ0n) is 22.8. The molecule has 3 heterocycles. The van der Waals surface area contributed by atoms with Gasteiger partial charge >= 0.3 is 10.0 Å². The summed E-state index contributed by atoms with van der Waals surface area (Å²) in [5, 5.41) is 4.42. The number of hydrogen-bond acceptors (Lipinski definition) is 5. The van der Waals surface area contributed by atoms with E-state index in [-0.39, 0.29) is 17.4 Å². The molecule has 0 bridgehead atoms. The quantitative estimate of drug-likeness (QED) is 0.402. The molecule has 0 saturated carbocycles. The molecular formula is C30H37N4O3S+. The zero-order valence-corrected chi connectivity index (χ0v) is 23.6. The third-order valence-electron chi connectivity index (χ3n) is 7.60. The fraction of sp³-hybridized carbons (Fsp3) is 0.467. The van der Waals surface area contributed by atoms with Crippen LogP contribution >= 0.6 is 0 Å². The molecule has 3 aliphatic rings. The fourth-order valence-electron chi connectivity index (χ4n) is 4.95. The van der Waals surface area contributed by atoms with Crippen LogP contribution in [-0.4, -0.2) is 63.9 Å². The molecule has 2 fully saturated rings. The highest BCUT2D eigenvalue weighted by Gasteiger charge is 2.33. The van der Waals surface area contributed by atoms with Crippen LogP contribution in [0.4, 0.5) is 0 Å². The van der Waals surface area contributed by atoms with Crippen molar-refractivity contribution in [2.24, 2.45) is 10.9 Å². The lowest BCUT2D eigenvalue weighted by Crippen LogP contribution is -2.52. The Hall–Kier alpha value is -3.10. The van der Waals surface area contributed by atoms with Gasteiger partial charge in [-0.3, -0.25) is 9.59 Å². The van der Waals surface area contributed by atoms with Gasteiger partial charge in [0.05, 0.1) is 11.5 Å². The summed E-state index contributed by atoms with van der Waals surface area (Å²) >= 11 is 1.73. The van der Waals surface area contributed by atoms with Crippen LogP contribution in [0.3, 0.4) is 0 Å². The number of amides is 2. The summed E-state index contributed by atoms with van der Waals surface area (Å²) < 4.78 is 6.34. The SMILES string of the molecule is CC(C)C1=NC(c2ccc(Oc3cc(C(=O)NC4(C)CCN(C)CC4)ccc3CN3CCCC3=O)cc2)=[S+]1. The second kappa shape index (κ2) is 10.9. The molecule has 0 atom stereocenters. The van der Waals surface area contributed by atoms with Gasteiger partial charge in [-0.25, -0.2) is 0 Å². The molecule has 0 radical (unpaired) electrons. The number of rotatable bonds is 8. The number of nitrogens with one attached hydrogen (secondary N) is 1. The van der Waals surface area contributed by atoms with Gasteiger partial charge in [0.25, 0.3) is 17.3 Å². The Kier molecular flexibility index (Phi) is 7.63. The van der Waals surface area contributed by atoms with Crippen LogP contribution in [0.1, 0.15) is 67.9 Å². The molecule has 2 aromatic carbocycles. The van der Waals surface area contributed by atoms with Gasteiger partial charge in [0.2, 0.25) is 5.91 Å². The summed E-state index contributed by atoms with van der Waals surface area (Å²) in [5.41, 5.74) is 2.29. The molecule has 38 heavy (non-hydrogen) atoms. The number of carbonyl (C=O) groups excluding carboxylic acids is 2. The molecule has 0 spiro atoms. The Balaban J connectivity index is 1.35. The van der Waals surface area contributed by atoms with Crippen molar-refractivity contribution in [3.05, 3.63) is 59.2 Å². The zero-order chi connectivity index (χ0) is 26.9. The van der Waals surface area contributed by atoms with E-state index in [4.69, 9.17) is 4.74 Å². The van der Waals surface area contributed by atoms with E-state index in [1.807, 2.05) is 47.4 Å². The Labute approximate surface area is 229 Å². The van der Waals surface area contributed by atoms with Gasteiger partial charge in [0, 0.05) is 49.3 Å². The Morgan fingerprint density at radius 2 is 1.84 bits per heavy atom. The topological polar surface area (TPSA) is 74.2 Å². The number of aliphatic imine (C=N–C) groups is 1. The van der Waals surface area contributed by atoms with Crippen molar-refractivity contribution in [1.29, 1.82) is 0 Å². The Bertz CT molecular complexity index is 1280. The number of benzene rings is 2. The monoisotopic (exact) mass is 533 g/mol. The van der Waals surface area contributed by atoms with Gasteiger partial charge < -0.3 is 19.9 Å². The Morgan fingerprint density at radius 3 is 2.47 bits per heavy atom. The minimum atomic E-state index is -0.226. The van der Waals surface area contributed by atoms with E-state index in [9.17, 15) is 9.59 Å². The van der Waals surface area contributed by atoms with Crippen molar-refractivity contribution in [3.8, 4) is 11.5 Å². The van der Waals surface area contributed by atoms with Crippen LogP contribution in [0.25, 0.3) is 0 Å². The maximum absolute atomic E-state index is 13.3. The van der Waals surface area contributed by atoms with Gasteiger partial charge in [-0.15, -0.1) is 4.99 Å². The first-order valence-corrected chi connectivity index (χ1v) is 14.3. The molecule has 7 nitrogen and oxygen atoms in total. The summed E-state index contributed by atoms with van der Waals surface area (Å²) in [5.74, 6) is 1.79. The first kappa shape index (κ1) is 26.5. The summed E-state index contributed by atoms with van der Waals surface area (Å²) in [6.45, 7) is 9.56. The summed E-state index contributed by atoms with van der Waals surface area (Å²) in [6.07, 6.45) is 3.30. The first-order valence-electron chi connectivity index (χ1n) is 13.5. The molecule has 1 N–H and O–H groups in total. The van der Waals surface area contributed by atoms with E-state index in [0.717, 1.165) is 60.1 Å². The summed E-state index contributed by atoms with van der Waals surface area (Å²) in [6, 6.07) is 13.5. The lowest BCUT2D eigenvalue weighted by molar-refractivity contribution is -0.128. The van der Waals surface area contributed by atoms with E-state index in [0.29, 0.717) is 35.9 Å². The van der Waals surface area contributed by atoms with Crippen molar-refractivity contribution in [1.82, 2.24) is 15.1 Å². The lowest BCUT2D eigenvalue weighted by Gasteiger charge is -2.38. The molecule has 0 unspecified atom stereocenters. The van der Waals surface area contributed by atoms with Crippen LogP contribution in [0.5, 0.6) is 11.5 Å². The second-order valence-corrected chi connectivity index (χ2v) is 12.2. The highest BCUT2D eigenvalue weighted by Crippen LogP contribution is 2.30. The normalized spacial score (nSPS) is 19.2. The number of nitrogens with zero attached hydrogens (tertiary/aromatic N) is 3. The van der Waals surface area contributed by atoms with Crippen LogP contribution in [-0.2, 0) is 22.7 Å². The van der Waals surface area contributed by atoms with Gasteiger partial charge in [0.1, 0.15) is 11.5 Å². The predicted octanol–water partition coefficient (Wildman–Crippen LogP) is 4.44. The van der Waals surface area contributed by atoms with Crippen molar-refractivity contribution in [2.75, 3.05) is 26.7 Å². The smallest absolute Gasteiger partial charge is 0.337 e. The number of piperidine rings is 1. The fourth-order valence-corrected chi connectivity index (χ4v) is 5.79. The third kappa shape index (κ3) is 5.97. The molecule has 2 aromatic rings. The van der Waals surface area contributed by atoms with Gasteiger partial charge in [-0.05, 0) is 69.6 Å². The number of hydrogen-bond donors (Lipinski definition) is 1. The van der Waals surface area contributed by atoms with Gasteiger partial charge in [-0.2, -0.15) is 0 Å². The van der Waals surface area contributed by atoms with Gasteiger partial charge in [0.15, 0.2) is 0 Å². The highest BCUT2D eigenvalue weighted by atomic mass is 32.1. The molecule has 8 heteroatoms. The number of likely N-dealkylation sites (tertiary alicyclic amines) is 2. The van der Waals surface area contributed by atoms with Crippen LogP contribution in [0.15, 0.2) is 47.5 Å². The third-order valence-corrected chi connectivity index (χ3v) is 8.90. The van der Waals surface area contributed by atoms with Crippen LogP contribution < -0.4 is 10.1 Å². The van der Waals surface area contributed by atoms with Crippen molar-refractivity contribution < 1.29 is 14.3 Å². The minimum Gasteiger partial charge on any atom is -0.457 e. The van der Waals surface area contributed by atoms with E-state index in [2.05, 4.69) is 43.0 Å². The molecule has 2 amide bonds. The van der Waals surface area contributed by atoms with E-state index in [1.54, 1.807) is 11.4 Å². The maximum Gasteiger partial charge on any atom is 0.337 e. The predicted molar refractivity (Wildman–Crippen MR) is 154 cm³/mol. The van der Waals surface area contributed by atoms with Crippen LogP contribution in [0, 0.1) is 5.92 Å². The van der Waals surface area contributed by atoms with Crippen LogP contribution in [0.2, 0.25) is 0 Å². The lowest BCUT2D eigenvalue weighted by atomic mass is 9.89. The largest absolute Gasteiger partial charge is 0.457 e. The van der Waals surface area contributed by atoms with E-state index >= 15 is 0 Å². The molecule has 3 aliphatic heterocycles. The van der Waals surface area contributed by atoms with Crippen molar-refractivity contribution in [3.63, 3.8) is 0 Å². The first-order chi connectivity index (χ1) is 18.2.